The Labute approximate surface area is 86.8 Å². The number of aldehydes is 1. The number of halogens is 1. The van der Waals surface area contributed by atoms with E-state index in [1.165, 1.54) is 0 Å². The van der Waals surface area contributed by atoms with Crippen LogP contribution in [-0.2, 0) is 0 Å². The molecule has 72 valence electrons. The van der Waals surface area contributed by atoms with Gasteiger partial charge in [-0.2, -0.15) is 0 Å². The van der Waals surface area contributed by atoms with E-state index >= 15 is 0 Å². The molecule has 0 radical (unpaired) electrons. The Bertz CT molecular complexity index is 401. The fraction of sp³-hybridized carbons (Fsp3) is 0.100. The molecule has 0 aliphatic carbocycles. The van der Waals surface area contributed by atoms with Gasteiger partial charge in [-0.3, -0.25) is 4.79 Å². The van der Waals surface area contributed by atoms with Gasteiger partial charge in [0.25, 0.3) is 0 Å². The second-order valence-electron chi connectivity index (χ2n) is 2.97. The molecule has 0 amide bonds. The zero-order valence-electron chi connectivity index (χ0n) is 7.38. The highest BCUT2D eigenvalue weighted by Crippen LogP contribution is 2.21. The second-order valence-corrected chi connectivity index (χ2v) is 3.40. The Morgan fingerprint density at radius 2 is 2.29 bits per heavy atom. The van der Waals surface area contributed by atoms with Gasteiger partial charge in [-0.1, -0.05) is 11.6 Å². The molecule has 1 aliphatic rings. The average Bonchev–Trinajstić information content (AvgIpc) is 2.70. The third-order valence-electron chi connectivity index (χ3n) is 2.06. The zero-order valence-corrected chi connectivity index (χ0v) is 8.14. The van der Waals surface area contributed by atoms with E-state index in [-0.39, 0.29) is 0 Å². The predicted molar refractivity (Wildman–Crippen MR) is 56.0 cm³/mol. The first-order chi connectivity index (χ1) is 6.81. The van der Waals surface area contributed by atoms with Crippen molar-refractivity contribution < 1.29 is 4.79 Å². The maximum absolute atomic E-state index is 10.8. The Balaban J connectivity index is 2.48. The molecule has 0 bridgehead atoms. The summed E-state index contributed by atoms with van der Waals surface area (Å²) in [5.74, 6) is 0. The smallest absolute Gasteiger partial charge is 0.150 e. The largest absolute Gasteiger partial charge is 0.372 e. The van der Waals surface area contributed by atoms with Crippen molar-refractivity contribution in [2.24, 2.45) is 0 Å². The number of carbonyl (C=O) groups is 1. The van der Waals surface area contributed by atoms with Crippen molar-refractivity contribution in [1.82, 2.24) is 10.6 Å². The van der Waals surface area contributed by atoms with Gasteiger partial charge < -0.3 is 10.6 Å². The predicted octanol–water partition coefficient (Wildman–Crippen LogP) is 1.60. The molecule has 1 aliphatic heterocycles. The molecule has 14 heavy (non-hydrogen) atoms. The van der Waals surface area contributed by atoms with E-state index < -0.39 is 0 Å². The van der Waals surface area contributed by atoms with Crippen molar-refractivity contribution in [3.8, 4) is 0 Å². The van der Waals surface area contributed by atoms with Crippen LogP contribution in [0.15, 0.2) is 24.4 Å². The van der Waals surface area contributed by atoms with Gasteiger partial charge in [-0.15, -0.1) is 0 Å². The summed E-state index contributed by atoms with van der Waals surface area (Å²) in [4.78, 5) is 10.8. The first kappa shape index (κ1) is 9.09. The third-order valence-corrected chi connectivity index (χ3v) is 2.29. The summed E-state index contributed by atoms with van der Waals surface area (Å²) in [6, 6.07) is 5.19. The van der Waals surface area contributed by atoms with Crippen molar-refractivity contribution >= 4 is 23.6 Å². The van der Waals surface area contributed by atoms with Crippen molar-refractivity contribution in [2.45, 2.75) is 0 Å². The highest BCUT2D eigenvalue weighted by atomic mass is 35.5. The summed E-state index contributed by atoms with van der Waals surface area (Å²) in [6.45, 7) is 0.681. The molecule has 0 fully saturated rings. The maximum Gasteiger partial charge on any atom is 0.150 e. The Hall–Kier alpha value is -1.48. The normalized spacial score (nSPS) is 14.2. The van der Waals surface area contributed by atoms with Crippen molar-refractivity contribution in [1.29, 1.82) is 0 Å². The van der Waals surface area contributed by atoms with Gasteiger partial charge in [-0.05, 0) is 18.2 Å². The lowest BCUT2D eigenvalue weighted by Gasteiger charge is -2.06. The number of nitrogens with one attached hydrogen (secondary N) is 2. The van der Waals surface area contributed by atoms with Crippen LogP contribution in [-0.4, -0.2) is 13.0 Å². The molecule has 0 saturated carbocycles. The SMILES string of the molecule is O=Cc1ccc(Cl)cc1C1=CNCN1. The van der Waals surface area contributed by atoms with Gasteiger partial charge in [0.05, 0.1) is 12.4 Å². The molecular formula is C10H9ClN2O. The van der Waals surface area contributed by atoms with Crippen molar-refractivity contribution in [3.63, 3.8) is 0 Å². The third kappa shape index (κ3) is 1.59. The summed E-state index contributed by atoms with van der Waals surface area (Å²) in [5.41, 5.74) is 2.36. The molecule has 0 spiro atoms. The fourth-order valence-corrected chi connectivity index (χ4v) is 1.56. The summed E-state index contributed by atoms with van der Waals surface area (Å²) in [6.07, 6.45) is 2.66. The van der Waals surface area contributed by atoms with Gasteiger partial charge in [0.1, 0.15) is 0 Å². The minimum atomic E-state index is 0.625. The molecule has 4 heteroatoms. The number of rotatable bonds is 2. The molecule has 0 unspecified atom stereocenters. The monoisotopic (exact) mass is 208 g/mol. The van der Waals surface area contributed by atoms with E-state index in [1.807, 2.05) is 6.20 Å². The maximum atomic E-state index is 10.8. The number of benzene rings is 1. The van der Waals surface area contributed by atoms with Crippen LogP contribution in [0.4, 0.5) is 0 Å². The first-order valence-corrected chi connectivity index (χ1v) is 4.61. The Morgan fingerprint density at radius 1 is 1.43 bits per heavy atom. The van der Waals surface area contributed by atoms with Crippen molar-refractivity contribution in [2.75, 3.05) is 6.67 Å². The Morgan fingerprint density at radius 3 is 2.93 bits per heavy atom. The zero-order chi connectivity index (χ0) is 9.97. The summed E-state index contributed by atoms with van der Waals surface area (Å²) < 4.78 is 0. The lowest BCUT2D eigenvalue weighted by molar-refractivity contribution is 0.112. The lowest BCUT2D eigenvalue weighted by Crippen LogP contribution is -2.14. The van der Waals surface area contributed by atoms with E-state index in [0.29, 0.717) is 17.3 Å². The van der Waals surface area contributed by atoms with E-state index in [2.05, 4.69) is 10.6 Å². The minimum Gasteiger partial charge on any atom is -0.372 e. The van der Waals surface area contributed by atoms with Crippen LogP contribution in [0.1, 0.15) is 15.9 Å². The van der Waals surface area contributed by atoms with E-state index in [1.54, 1.807) is 18.2 Å². The van der Waals surface area contributed by atoms with E-state index in [9.17, 15) is 4.79 Å². The number of hydrogen-bond acceptors (Lipinski definition) is 3. The fourth-order valence-electron chi connectivity index (χ4n) is 1.39. The van der Waals surface area contributed by atoms with Crippen molar-refractivity contribution in [3.05, 3.63) is 40.5 Å². The molecule has 3 nitrogen and oxygen atoms in total. The molecule has 1 heterocycles. The van der Waals surface area contributed by atoms with Crippen LogP contribution in [0.3, 0.4) is 0 Å². The van der Waals surface area contributed by atoms with Crippen LogP contribution in [0, 0.1) is 0 Å². The highest BCUT2D eigenvalue weighted by molar-refractivity contribution is 6.30. The average molecular weight is 209 g/mol. The second kappa shape index (κ2) is 3.72. The number of hydrogen-bond donors (Lipinski definition) is 2. The topological polar surface area (TPSA) is 41.1 Å². The van der Waals surface area contributed by atoms with Crippen LogP contribution in [0.25, 0.3) is 5.70 Å². The van der Waals surface area contributed by atoms with Gasteiger partial charge >= 0.3 is 0 Å². The summed E-state index contributed by atoms with van der Waals surface area (Å²) in [5, 5.41) is 6.74. The van der Waals surface area contributed by atoms with Gasteiger partial charge in [0.15, 0.2) is 6.29 Å². The minimum absolute atomic E-state index is 0.625. The molecule has 0 aromatic heterocycles. The Kier molecular flexibility index (Phi) is 2.41. The van der Waals surface area contributed by atoms with Gasteiger partial charge in [0.2, 0.25) is 0 Å². The van der Waals surface area contributed by atoms with Gasteiger partial charge in [-0.25, -0.2) is 0 Å². The molecule has 1 aromatic rings. The van der Waals surface area contributed by atoms with Crippen LogP contribution < -0.4 is 10.6 Å². The molecule has 1 aromatic carbocycles. The lowest BCUT2D eigenvalue weighted by atomic mass is 10.1. The summed E-state index contributed by atoms with van der Waals surface area (Å²) >= 11 is 5.86. The van der Waals surface area contributed by atoms with Crippen LogP contribution >= 0.6 is 11.6 Å². The first-order valence-electron chi connectivity index (χ1n) is 4.24. The summed E-state index contributed by atoms with van der Waals surface area (Å²) in [7, 11) is 0. The van der Waals surface area contributed by atoms with Crippen LogP contribution in [0.5, 0.6) is 0 Å². The highest BCUT2D eigenvalue weighted by Gasteiger charge is 2.10. The molecular weight excluding hydrogens is 200 g/mol. The molecule has 2 N–H and O–H groups in total. The standard InChI is InChI=1S/C10H9ClN2O/c11-8-2-1-7(5-14)9(3-8)10-4-12-6-13-10/h1-5,12-13H,6H2. The number of carbonyl (C=O) groups excluding carboxylic acids is 1. The van der Waals surface area contributed by atoms with Crippen LogP contribution in [0.2, 0.25) is 5.02 Å². The molecule has 0 saturated heterocycles. The molecule has 0 atom stereocenters. The van der Waals surface area contributed by atoms with E-state index in [4.69, 9.17) is 11.6 Å². The quantitative estimate of drug-likeness (QED) is 0.726. The van der Waals surface area contributed by atoms with E-state index in [0.717, 1.165) is 17.5 Å². The molecule has 2 rings (SSSR count). The van der Waals surface area contributed by atoms with Gasteiger partial charge in [0, 0.05) is 22.3 Å².